The van der Waals surface area contributed by atoms with Crippen LogP contribution in [0, 0.1) is 5.41 Å². The lowest BCUT2D eigenvalue weighted by atomic mass is 9.85. The number of aliphatic carboxylic acids is 1. The van der Waals surface area contributed by atoms with Crippen molar-refractivity contribution in [1.82, 2.24) is 0 Å². The number of hydrogen-bond donors (Lipinski definition) is 2. The molecule has 0 bridgehead atoms. The highest BCUT2D eigenvalue weighted by Gasteiger charge is 2.26. The number of rotatable bonds is 5. The van der Waals surface area contributed by atoms with Gasteiger partial charge in [0.1, 0.15) is 13.2 Å². The Morgan fingerprint density at radius 3 is 2.67 bits per heavy atom. The Balaban J connectivity index is 2.05. The van der Waals surface area contributed by atoms with Crippen LogP contribution in [0.4, 0.5) is 5.69 Å². The van der Waals surface area contributed by atoms with Crippen molar-refractivity contribution in [3.05, 3.63) is 18.2 Å². The Morgan fingerprint density at radius 2 is 1.95 bits per heavy atom. The van der Waals surface area contributed by atoms with Crippen LogP contribution < -0.4 is 14.8 Å². The van der Waals surface area contributed by atoms with E-state index in [1.165, 1.54) is 0 Å². The SMILES string of the molecule is CC(C)(CC(=O)O)CC(=O)Nc1cccc2c1OCCO2. The van der Waals surface area contributed by atoms with Gasteiger partial charge in [0, 0.05) is 6.42 Å². The molecule has 6 nitrogen and oxygen atoms in total. The highest BCUT2D eigenvalue weighted by Crippen LogP contribution is 2.37. The van der Waals surface area contributed by atoms with Crippen molar-refractivity contribution in [2.45, 2.75) is 26.7 Å². The molecular formula is C15H19NO5. The largest absolute Gasteiger partial charge is 0.486 e. The van der Waals surface area contributed by atoms with Crippen LogP contribution in [0.2, 0.25) is 0 Å². The third-order valence-corrected chi connectivity index (χ3v) is 3.11. The summed E-state index contributed by atoms with van der Waals surface area (Å²) < 4.78 is 11.0. The van der Waals surface area contributed by atoms with Gasteiger partial charge < -0.3 is 19.9 Å². The quantitative estimate of drug-likeness (QED) is 0.870. The fraction of sp³-hybridized carbons (Fsp3) is 0.467. The highest BCUT2D eigenvalue weighted by molar-refractivity contribution is 5.93. The first-order valence-electron chi connectivity index (χ1n) is 6.78. The van der Waals surface area contributed by atoms with E-state index in [0.717, 1.165) is 0 Å². The average Bonchev–Trinajstić information content (AvgIpc) is 2.36. The maximum Gasteiger partial charge on any atom is 0.303 e. The van der Waals surface area contributed by atoms with Gasteiger partial charge in [0.15, 0.2) is 11.5 Å². The summed E-state index contributed by atoms with van der Waals surface area (Å²) in [6.07, 6.45) is 0.0523. The Hall–Kier alpha value is -2.24. The molecule has 21 heavy (non-hydrogen) atoms. The fourth-order valence-electron chi connectivity index (χ4n) is 2.27. The smallest absolute Gasteiger partial charge is 0.303 e. The third kappa shape index (κ3) is 4.11. The molecular weight excluding hydrogens is 274 g/mol. The number of nitrogens with one attached hydrogen (secondary N) is 1. The van der Waals surface area contributed by atoms with Gasteiger partial charge >= 0.3 is 5.97 Å². The second-order valence-electron chi connectivity index (χ2n) is 5.79. The second kappa shape index (κ2) is 6.03. The molecule has 1 heterocycles. The molecule has 0 aliphatic carbocycles. The van der Waals surface area contributed by atoms with Crippen molar-refractivity contribution < 1.29 is 24.2 Å². The zero-order valence-electron chi connectivity index (χ0n) is 12.1. The summed E-state index contributed by atoms with van der Waals surface area (Å²) in [5.41, 5.74) is -0.0643. The van der Waals surface area contributed by atoms with E-state index in [1.54, 1.807) is 32.0 Å². The first-order chi connectivity index (χ1) is 9.87. The minimum Gasteiger partial charge on any atom is -0.486 e. The van der Waals surface area contributed by atoms with Crippen LogP contribution in [-0.2, 0) is 9.59 Å². The zero-order valence-corrected chi connectivity index (χ0v) is 12.1. The molecule has 114 valence electrons. The van der Waals surface area contributed by atoms with Crippen LogP contribution >= 0.6 is 0 Å². The minimum absolute atomic E-state index is 0.0626. The van der Waals surface area contributed by atoms with E-state index in [2.05, 4.69) is 5.32 Å². The summed E-state index contributed by atoms with van der Waals surface area (Å²) in [6, 6.07) is 5.28. The normalized spacial score (nSPS) is 13.6. The van der Waals surface area contributed by atoms with Crippen molar-refractivity contribution in [3.8, 4) is 11.5 Å². The zero-order chi connectivity index (χ0) is 15.5. The fourth-order valence-corrected chi connectivity index (χ4v) is 2.27. The van der Waals surface area contributed by atoms with Crippen molar-refractivity contribution in [1.29, 1.82) is 0 Å². The van der Waals surface area contributed by atoms with Crippen LogP contribution in [0.25, 0.3) is 0 Å². The van der Waals surface area contributed by atoms with Crippen molar-refractivity contribution in [3.63, 3.8) is 0 Å². The monoisotopic (exact) mass is 293 g/mol. The number of para-hydroxylation sites is 1. The molecule has 0 saturated heterocycles. The maximum absolute atomic E-state index is 12.1. The van der Waals surface area contributed by atoms with Crippen LogP contribution in [0.5, 0.6) is 11.5 Å². The van der Waals surface area contributed by atoms with E-state index in [4.69, 9.17) is 14.6 Å². The number of carboxylic acids is 1. The van der Waals surface area contributed by atoms with Gasteiger partial charge in [0.2, 0.25) is 5.91 Å². The lowest BCUT2D eigenvalue weighted by Gasteiger charge is -2.23. The molecule has 0 radical (unpaired) electrons. The van der Waals surface area contributed by atoms with E-state index < -0.39 is 11.4 Å². The highest BCUT2D eigenvalue weighted by atomic mass is 16.6. The van der Waals surface area contributed by atoms with Crippen LogP contribution in [0.15, 0.2) is 18.2 Å². The number of amides is 1. The number of hydrogen-bond acceptors (Lipinski definition) is 4. The summed E-state index contributed by atoms with van der Waals surface area (Å²) >= 11 is 0. The number of fused-ring (bicyclic) bond motifs is 1. The molecule has 0 fully saturated rings. The molecule has 0 unspecified atom stereocenters. The van der Waals surface area contributed by atoms with E-state index in [0.29, 0.717) is 30.4 Å². The number of anilines is 1. The first-order valence-corrected chi connectivity index (χ1v) is 6.78. The first kappa shape index (κ1) is 15.2. The minimum atomic E-state index is -0.915. The molecule has 1 amide bonds. The lowest BCUT2D eigenvalue weighted by molar-refractivity contribution is -0.139. The van der Waals surface area contributed by atoms with Crippen molar-refractivity contribution in [2.24, 2.45) is 5.41 Å². The average molecular weight is 293 g/mol. The summed E-state index contributed by atoms with van der Waals surface area (Å²) in [4.78, 5) is 22.9. The molecule has 6 heteroatoms. The van der Waals surface area contributed by atoms with Gasteiger partial charge in [-0.15, -0.1) is 0 Å². The molecule has 0 aromatic heterocycles. The van der Waals surface area contributed by atoms with Crippen molar-refractivity contribution in [2.75, 3.05) is 18.5 Å². The van der Waals surface area contributed by atoms with E-state index in [-0.39, 0.29) is 18.7 Å². The maximum atomic E-state index is 12.1. The topological polar surface area (TPSA) is 84.9 Å². The van der Waals surface area contributed by atoms with Gasteiger partial charge in [-0.25, -0.2) is 0 Å². The summed E-state index contributed by atoms with van der Waals surface area (Å²) in [7, 11) is 0. The second-order valence-corrected chi connectivity index (χ2v) is 5.79. The third-order valence-electron chi connectivity index (χ3n) is 3.11. The van der Waals surface area contributed by atoms with Gasteiger partial charge in [0.25, 0.3) is 0 Å². The molecule has 0 spiro atoms. The van der Waals surface area contributed by atoms with Crippen LogP contribution in [0.3, 0.4) is 0 Å². The van der Waals surface area contributed by atoms with E-state index >= 15 is 0 Å². The Kier molecular flexibility index (Phi) is 4.35. The van der Waals surface area contributed by atoms with Crippen LogP contribution in [-0.4, -0.2) is 30.2 Å². The number of carbonyl (C=O) groups is 2. The molecule has 0 saturated carbocycles. The number of carbonyl (C=O) groups excluding carboxylic acids is 1. The predicted octanol–water partition coefficient (Wildman–Crippen LogP) is 2.29. The van der Waals surface area contributed by atoms with Gasteiger partial charge in [-0.2, -0.15) is 0 Å². The molecule has 1 aliphatic heterocycles. The molecule has 1 aromatic carbocycles. The number of benzene rings is 1. The standard InChI is InChI=1S/C15H19NO5/c1-15(2,9-13(18)19)8-12(17)16-10-4-3-5-11-14(10)21-7-6-20-11/h3-5H,6-9H2,1-2H3,(H,16,17)(H,18,19). The Bertz CT molecular complexity index is 553. The Labute approximate surface area is 123 Å². The molecule has 2 rings (SSSR count). The lowest BCUT2D eigenvalue weighted by Crippen LogP contribution is -2.25. The summed E-state index contributed by atoms with van der Waals surface area (Å²) in [5.74, 6) is -0.0394. The van der Waals surface area contributed by atoms with Crippen molar-refractivity contribution >= 4 is 17.6 Å². The summed E-state index contributed by atoms with van der Waals surface area (Å²) in [5, 5.41) is 11.6. The van der Waals surface area contributed by atoms with E-state index in [1.807, 2.05) is 0 Å². The van der Waals surface area contributed by atoms with Gasteiger partial charge in [-0.05, 0) is 17.5 Å². The number of ether oxygens (including phenoxy) is 2. The van der Waals surface area contributed by atoms with E-state index in [9.17, 15) is 9.59 Å². The van der Waals surface area contributed by atoms with Gasteiger partial charge in [0.05, 0.1) is 12.1 Å². The molecule has 0 atom stereocenters. The molecule has 2 N–H and O–H groups in total. The number of carboxylic acid groups (broad SMARTS) is 1. The molecule has 1 aliphatic rings. The Morgan fingerprint density at radius 1 is 1.24 bits per heavy atom. The van der Waals surface area contributed by atoms with Gasteiger partial charge in [-0.1, -0.05) is 19.9 Å². The predicted molar refractivity (Wildman–Crippen MR) is 76.7 cm³/mol. The van der Waals surface area contributed by atoms with Crippen LogP contribution in [0.1, 0.15) is 26.7 Å². The summed E-state index contributed by atoms with van der Waals surface area (Å²) in [6.45, 7) is 4.42. The molecule has 1 aromatic rings. The van der Waals surface area contributed by atoms with Gasteiger partial charge in [-0.3, -0.25) is 9.59 Å².